The molecular formula is C24H40Cl2N2O7. The third-order valence-electron chi connectivity index (χ3n) is 6.04. The first-order chi connectivity index (χ1) is 15.9. The Kier molecular flexibility index (Phi) is 16.5. The number of benzene rings is 1. The van der Waals surface area contributed by atoms with Crippen LogP contribution in [0.3, 0.4) is 0 Å². The second-order valence-corrected chi connectivity index (χ2v) is 8.32. The van der Waals surface area contributed by atoms with Crippen molar-refractivity contribution in [3.05, 3.63) is 17.7 Å². The first-order valence-electron chi connectivity index (χ1n) is 11.7. The van der Waals surface area contributed by atoms with Crippen LogP contribution in [0.15, 0.2) is 12.1 Å². The molecule has 202 valence electrons. The van der Waals surface area contributed by atoms with Crippen LogP contribution in [0, 0.1) is 5.92 Å². The van der Waals surface area contributed by atoms with Crippen LogP contribution < -0.4 is 19.5 Å². The molecule has 0 aromatic heterocycles. The Morgan fingerprint density at radius 3 is 2.46 bits per heavy atom. The van der Waals surface area contributed by atoms with E-state index in [0.717, 1.165) is 37.9 Å². The Bertz CT molecular complexity index is 782. The normalized spacial score (nSPS) is 16.4. The van der Waals surface area contributed by atoms with Crippen molar-refractivity contribution in [3.8, 4) is 17.2 Å². The molecule has 0 aliphatic carbocycles. The van der Waals surface area contributed by atoms with Gasteiger partial charge in [0.15, 0.2) is 11.5 Å². The first-order valence-corrected chi connectivity index (χ1v) is 11.7. The molecule has 3 N–H and O–H groups in total. The molecule has 2 unspecified atom stereocenters. The van der Waals surface area contributed by atoms with Gasteiger partial charge in [-0.15, -0.1) is 24.8 Å². The molecule has 2 atom stereocenters. The molecule has 1 aromatic rings. The van der Waals surface area contributed by atoms with Gasteiger partial charge in [-0.25, -0.2) is 0 Å². The maximum Gasteiger partial charge on any atom is 0.308 e. The van der Waals surface area contributed by atoms with Crippen LogP contribution in [0.4, 0.5) is 0 Å². The van der Waals surface area contributed by atoms with Crippen molar-refractivity contribution in [2.45, 2.75) is 58.0 Å². The molecule has 1 aromatic carbocycles. The van der Waals surface area contributed by atoms with Gasteiger partial charge in [-0.05, 0) is 18.9 Å². The van der Waals surface area contributed by atoms with Crippen molar-refractivity contribution in [2.75, 3.05) is 40.5 Å². The van der Waals surface area contributed by atoms with E-state index in [4.69, 9.17) is 19.3 Å². The van der Waals surface area contributed by atoms with E-state index in [-0.39, 0.29) is 43.9 Å². The molecule has 1 saturated heterocycles. The molecule has 11 heteroatoms. The Balaban J connectivity index is 0.00000578. The number of carbonyl (C=O) groups is 2. The van der Waals surface area contributed by atoms with Gasteiger partial charge in [0.05, 0.1) is 26.7 Å². The zero-order valence-electron chi connectivity index (χ0n) is 20.8. The van der Waals surface area contributed by atoms with Crippen LogP contribution >= 0.6 is 24.8 Å². The average Bonchev–Trinajstić information content (AvgIpc) is 2.80. The van der Waals surface area contributed by atoms with Gasteiger partial charge < -0.3 is 29.7 Å². The van der Waals surface area contributed by atoms with Gasteiger partial charge in [0, 0.05) is 44.2 Å². The fourth-order valence-corrected chi connectivity index (χ4v) is 4.29. The van der Waals surface area contributed by atoms with Crippen molar-refractivity contribution >= 4 is 36.8 Å². The molecule has 1 aliphatic heterocycles. The summed E-state index contributed by atoms with van der Waals surface area (Å²) in [5, 5.41) is 22.2. The quantitative estimate of drug-likeness (QED) is 0.286. The van der Waals surface area contributed by atoms with Gasteiger partial charge >= 0.3 is 11.9 Å². The Hall–Kier alpha value is -1.94. The number of ether oxygens (including phenoxy) is 3. The molecule has 1 aliphatic rings. The van der Waals surface area contributed by atoms with Crippen molar-refractivity contribution in [1.29, 1.82) is 0 Å². The van der Waals surface area contributed by atoms with E-state index in [1.54, 1.807) is 7.11 Å². The summed E-state index contributed by atoms with van der Waals surface area (Å²) in [5.74, 6) is -0.601. The van der Waals surface area contributed by atoms with E-state index in [1.165, 1.54) is 7.11 Å². The summed E-state index contributed by atoms with van der Waals surface area (Å²) in [6.07, 6.45) is 3.99. The Labute approximate surface area is 220 Å². The third kappa shape index (κ3) is 9.91. The van der Waals surface area contributed by atoms with E-state index in [9.17, 15) is 14.7 Å². The van der Waals surface area contributed by atoms with Crippen LogP contribution in [0.2, 0.25) is 0 Å². The lowest BCUT2D eigenvalue weighted by molar-refractivity contribution is -0.145. The van der Waals surface area contributed by atoms with Gasteiger partial charge in [0.25, 0.3) is 0 Å². The molecule has 35 heavy (non-hydrogen) atoms. The van der Waals surface area contributed by atoms with Crippen LogP contribution in [-0.2, 0) is 16.1 Å². The second-order valence-electron chi connectivity index (χ2n) is 8.32. The van der Waals surface area contributed by atoms with Crippen LogP contribution in [-0.4, -0.2) is 73.6 Å². The van der Waals surface area contributed by atoms with Gasteiger partial charge in [-0.2, -0.15) is 0 Å². The lowest BCUT2D eigenvalue weighted by atomic mass is 9.90. The topological polar surface area (TPSA) is 118 Å². The second kappa shape index (κ2) is 17.5. The Morgan fingerprint density at radius 1 is 1.11 bits per heavy atom. The minimum absolute atomic E-state index is 0. The highest BCUT2D eigenvalue weighted by molar-refractivity contribution is 5.85. The highest BCUT2D eigenvalue weighted by Gasteiger charge is 2.34. The van der Waals surface area contributed by atoms with Crippen LogP contribution in [0.25, 0.3) is 0 Å². The smallest absolute Gasteiger partial charge is 0.308 e. The molecular weight excluding hydrogens is 499 g/mol. The maximum atomic E-state index is 12.1. The van der Waals surface area contributed by atoms with E-state index in [1.807, 2.05) is 12.1 Å². The number of carboxylic acids is 2. The van der Waals surface area contributed by atoms with Crippen molar-refractivity contribution in [1.82, 2.24) is 10.2 Å². The number of rotatable bonds is 15. The van der Waals surface area contributed by atoms with Crippen molar-refractivity contribution in [3.63, 3.8) is 0 Å². The number of halogens is 2. The molecule has 9 nitrogen and oxygen atoms in total. The van der Waals surface area contributed by atoms with E-state index in [0.29, 0.717) is 43.2 Å². The van der Waals surface area contributed by atoms with Crippen molar-refractivity contribution in [2.24, 2.45) is 5.92 Å². The minimum atomic E-state index is -0.872. The predicted octanol–water partition coefficient (Wildman–Crippen LogP) is 3.85. The summed E-state index contributed by atoms with van der Waals surface area (Å²) in [5.41, 5.74) is 0.854. The molecule has 1 fully saturated rings. The molecule has 0 spiro atoms. The van der Waals surface area contributed by atoms with E-state index in [2.05, 4.69) is 17.1 Å². The number of piperazine rings is 1. The monoisotopic (exact) mass is 538 g/mol. The van der Waals surface area contributed by atoms with Gasteiger partial charge in [-0.3, -0.25) is 14.5 Å². The fourth-order valence-electron chi connectivity index (χ4n) is 4.29. The maximum absolute atomic E-state index is 12.1. The van der Waals surface area contributed by atoms with Gasteiger partial charge in [0.1, 0.15) is 0 Å². The zero-order valence-corrected chi connectivity index (χ0v) is 22.4. The number of hydrogen-bond donors (Lipinski definition) is 3. The largest absolute Gasteiger partial charge is 0.493 e. The van der Waals surface area contributed by atoms with Gasteiger partial charge in [0.2, 0.25) is 5.75 Å². The number of unbranched alkanes of at least 4 members (excludes halogenated alkanes) is 2. The highest BCUT2D eigenvalue weighted by atomic mass is 35.5. The zero-order chi connectivity index (χ0) is 24.2. The molecule has 0 bridgehead atoms. The summed E-state index contributed by atoms with van der Waals surface area (Å²) >= 11 is 0. The standard InChI is InChI=1S/C24H38N2O7.2ClH/c1-4-5-6-8-18(24(29)30)19-15-25-12-13-26(19)16-17-10-11-20(31-2)23(32-3)22(17)33-14-7-9-21(27)28;;/h10-11,18-19,25H,4-9,12-16H2,1-3H3,(H,27,28)(H,29,30);2*1H. The van der Waals surface area contributed by atoms with Crippen molar-refractivity contribution < 1.29 is 34.0 Å². The van der Waals surface area contributed by atoms with E-state index < -0.39 is 17.9 Å². The van der Waals surface area contributed by atoms with E-state index >= 15 is 0 Å². The SMILES string of the molecule is CCCCCC(C(=O)O)C1CNCCN1Cc1ccc(OC)c(OC)c1OCCCC(=O)O.Cl.Cl. The number of methoxy groups -OCH3 is 2. The summed E-state index contributed by atoms with van der Waals surface area (Å²) in [6.45, 7) is 4.94. The Morgan fingerprint density at radius 2 is 1.86 bits per heavy atom. The molecule has 0 radical (unpaired) electrons. The molecule has 1 heterocycles. The predicted molar refractivity (Wildman–Crippen MR) is 139 cm³/mol. The number of aliphatic carboxylic acids is 2. The lowest BCUT2D eigenvalue weighted by Gasteiger charge is -2.39. The number of hydrogen-bond acceptors (Lipinski definition) is 7. The first kappa shape index (κ1) is 33.1. The number of carboxylic acid groups (broad SMARTS) is 2. The molecule has 2 rings (SSSR count). The summed E-state index contributed by atoms with van der Waals surface area (Å²) in [4.78, 5) is 25.2. The minimum Gasteiger partial charge on any atom is -0.493 e. The number of nitrogens with one attached hydrogen (secondary N) is 1. The highest BCUT2D eigenvalue weighted by Crippen LogP contribution is 2.41. The fraction of sp³-hybridized carbons (Fsp3) is 0.667. The summed E-state index contributed by atoms with van der Waals surface area (Å²) < 4.78 is 17.0. The number of nitrogens with zero attached hydrogens (tertiary/aromatic N) is 1. The average molecular weight is 539 g/mol. The van der Waals surface area contributed by atoms with Crippen LogP contribution in [0.5, 0.6) is 17.2 Å². The lowest BCUT2D eigenvalue weighted by Crippen LogP contribution is -2.55. The summed E-state index contributed by atoms with van der Waals surface area (Å²) in [7, 11) is 3.08. The molecule has 0 saturated carbocycles. The van der Waals surface area contributed by atoms with Gasteiger partial charge in [-0.1, -0.05) is 32.3 Å². The third-order valence-corrected chi connectivity index (χ3v) is 6.04. The molecule has 0 amide bonds. The van der Waals surface area contributed by atoms with Crippen LogP contribution in [0.1, 0.15) is 51.0 Å². The summed E-state index contributed by atoms with van der Waals surface area (Å²) in [6, 6.07) is 3.58.